The number of carbonyl (C=O) groups excluding carboxylic acids is 2. The molecule has 5 aromatic rings. The zero-order valence-corrected chi connectivity index (χ0v) is 27.2. The monoisotopic (exact) mass is 682 g/mol. The molecule has 49 heavy (non-hydrogen) atoms. The van der Waals surface area contributed by atoms with E-state index in [2.05, 4.69) is 5.32 Å². The molecule has 12 heteroatoms. The summed E-state index contributed by atoms with van der Waals surface area (Å²) in [5, 5.41) is 25.0. The Kier molecular flexibility index (Phi) is 8.69. The van der Waals surface area contributed by atoms with Crippen LogP contribution in [0.3, 0.4) is 0 Å². The lowest BCUT2D eigenvalue weighted by atomic mass is 9.76. The number of aryl methyl sites for hydroxylation is 1. The maximum Gasteiger partial charge on any atom is 0.268 e. The van der Waals surface area contributed by atoms with E-state index in [9.17, 15) is 28.2 Å². The summed E-state index contributed by atoms with van der Waals surface area (Å²) < 4.78 is 46.9. The number of nitrogens with zero attached hydrogens (tertiary/aromatic N) is 1. The first-order chi connectivity index (χ1) is 23.7. The molecule has 4 aromatic carbocycles. The Hall–Kier alpha value is -4.69. The number of Topliss-reactive ketones (excluding diaryl/α,β-unsaturated/α-hetero) is 2. The summed E-state index contributed by atoms with van der Waals surface area (Å²) in [5.74, 6) is -1.34. The number of carbonyl (C=O) groups is 2. The van der Waals surface area contributed by atoms with E-state index >= 15 is 0 Å². The Balaban J connectivity index is 1.34. The molecule has 5 atom stereocenters. The third-order valence-electron chi connectivity index (χ3n) is 9.10. The zero-order valence-electron chi connectivity index (χ0n) is 26.4. The van der Waals surface area contributed by atoms with Crippen LogP contribution in [-0.2, 0) is 41.2 Å². The molecule has 2 aliphatic heterocycles. The lowest BCUT2D eigenvalue weighted by Crippen LogP contribution is -2.65. The van der Waals surface area contributed by atoms with E-state index < -0.39 is 58.2 Å². The van der Waals surface area contributed by atoms with Crippen molar-refractivity contribution in [2.75, 3.05) is 18.7 Å². The van der Waals surface area contributed by atoms with Crippen molar-refractivity contribution in [2.24, 2.45) is 0 Å². The molecule has 7 rings (SSSR count). The highest BCUT2D eigenvalue weighted by molar-refractivity contribution is 7.90. The van der Waals surface area contributed by atoms with Crippen LogP contribution in [0.4, 0.5) is 5.69 Å². The van der Waals surface area contributed by atoms with Crippen molar-refractivity contribution in [1.29, 1.82) is 0 Å². The highest BCUT2D eigenvalue weighted by Crippen LogP contribution is 2.48. The van der Waals surface area contributed by atoms with Crippen molar-refractivity contribution in [3.8, 4) is 0 Å². The number of aliphatic hydroxyl groups excluding tert-OH is 2. The largest absolute Gasteiger partial charge is 0.394 e. The Morgan fingerprint density at radius 2 is 1.61 bits per heavy atom. The molecule has 0 radical (unpaired) electrons. The van der Waals surface area contributed by atoms with Crippen LogP contribution >= 0.6 is 0 Å². The van der Waals surface area contributed by atoms with E-state index in [1.54, 1.807) is 60.7 Å². The van der Waals surface area contributed by atoms with E-state index in [1.165, 1.54) is 18.3 Å². The predicted octanol–water partition coefficient (Wildman–Crippen LogP) is 3.94. The van der Waals surface area contributed by atoms with Crippen LogP contribution in [0.15, 0.2) is 114 Å². The summed E-state index contributed by atoms with van der Waals surface area (Å²) in [6, 6.07) is 29.0. The van der Waals surface area contributed by atoms with Crippen LogP contribution in [0, 0.1) is 6.92 Å². The second-order valence-corrected chi connectivity index (χ2v) is 14.0. The van der Waals surface area contributed by atoms with Crippen LogP contribution < -0.4 is 5.32 Å². The lowest BCUT2D eigenvalue weighted by molar-refractivity contribution is -0.215. The molecule has 3 heterocycles. The normalized spacial score (nSPS) is 23.8. The summed E-state index contributed by atoms with van der Waals surface area (Å²) in [4.78, 5) is 29.2. The molecule has 252 valence electrons. The van der Waals surface area contributed by atoms with E-state index in [1.807, 2.05) is 37.3 Å². The molecule has 0 amide bonds. The molecular weight excluding hydrogens is 648 g/mol. The Labute approximate surface area is 282 Å². The number of ketones is 2. The Bertz CT molecular complexity index is 2130. The minimum absolute atomic E-state index is 0.0332. The number of aliphatic hydroxyl groups is 2. The summed E-state index contributed by atoms with van der Waals surface area (Å²) >= 11 is 0. The molecule has 3 N–H and O–H groups in total. The minimum atomic E-state index is -4.19. The number of benzene rings is 4. The SMILES string of the molecule is Cc1ccc(S(=O)(=O)n2cc([C@@]3([C@@H]4O[C@H](CO)[C@@H](O)[C@H](OCOCc5ccccc5)C4=O)Nc4ccccc4C3=O)c3ccccc32)cc1. The fourth-order valence-corrected chi connectivity index (χ4v) is 7.98. The first kappa shape index (κ1) is 32.8. The molecule has 1 saturated heterocycles. The quantitative estimate of drug-likeness (QED) is 0.146. The number of ether oxygens (including phenoxy) is 3. The van der Waals surface area contributed by atoms with Crippen molar-refractivity contribution in [3.05, 3.63) is 132 Å². The Morgan fingerprint density at radius 3 is 2.35 bits per heavy atom. The van der Waals surface area contributed by atoms with Crippen molar-refractivity contribution in [2.45, 2.75) is 48.4 Å². The van der Waals surface area contributed by atoms with Gasteiger partial charge in [0.25, 0.3) is 10.0 Å². The number of anilines is 1. The first-order valence-corrected chi connectivity index (χ1v) is 17.2. The molecule has 0 saturated carbocycles. The van der Waals surface area contributed by atoms with Gasteiger partial charge in [-0.1, -0.05) is 78.4 Å². The van der Waals surface area contributed by atoms with E-state index in [0.29, 0.717) is 11.1 Å². The van der Waals surface area contributed by atoms with Gasteiger partial charge in [-0.15, -0.1) is 0 Å². The second kappa shape index (κ2) is 13.0. The van der Waals surface area contributed by atoms with E-state index in [0.717, 1.165) is 15.1 Å². The van der Waals surface area contributed by atoms with Gasteiger partial charge in [0.15, 0.2) is 23.2 Å². The molecule has 0 unspecified atom stereocenters. The van der Waals surface area contributed by atoms with Crippen LogP contribution in [0.1, 0.15) is 27.0 Å². The number of para-hydroxylation sites is 2. The van der Waals surface area contributed by atoms with E-state index in [-0.39, 0.29) is 34.9 Å². The third-order valence-corrected chi connectivity index (χ3v) is 10.8. The lowest BCUT2D eigenvalue weighted by Gasteiger charge is -2.44. The molecule has 11 nitrogen and oxygen atoms in total. The van der Waals surface area contributed by atoms with Crippen LogP contribution in [0.25, 0.3) is 10.9 Å². The minimum Gasteiger partial charge on any atom is -0.394 e. The van der Waals surface area contributed by atoms with Gasteiger partial charge in [0.1, 0.15) is 25.1 Å². The van der Waals surface area contributed by atoms with Gasteiger partial charge in [0, 0.05) is 28.4 Å². The van der Waals surface area contributed by atoms with Gasteiger partial charge in [-0.25, -0.2) is 12.4 Å². The van der Waals surface area contributed by atoms with Gasteiger partial charge in [0.2, 0.25) is 0 Å². The van der Waals surface area contributed by atoms with Crippen molar-refractivity contribution in [3.63, 3.8) is 0 Å². The number of hydrogen-bond donors (Lipinski definition) is 3. The maximum atomic E-state index is 14.7. The number of aromatic nitrogens is 1. The van der Waals surface area contributed by atoms with Crippen LogP contribution in [0.2, 0.25) is 0 Å². The highest BCUT2D eigenvalue weighted by Gasteiger charge is 2.61. The van der Waals surface area contributed by atoms with Gasteiger partial charge in [0.05, 0.1) is 23.6 Å². The maximum absolute atomic E-state index is 14.7. The summed E-state index contributed by atoms with van der Waals surface area (Å²) in [6.07, 6.45) is -4.81. The predicted molar refractivity (Wildman–Crippen MR) is 180 cm³/mol. The molecule has 0 spiro atoms. The summed E-state index contributed by atoms with van der Waals surface area (Å²) in [6.45, 7) is 0.949. The fourth-order valence-electron chi connectivity index (χ4n) is 6.61. The topological polar surface area (TPSA) is 153 Å². The highest BCUT2D eigenvalue weighted by atomic mass is 32.2. The zero-order chi connectivity index (χ0) is 34.3. The van der Waals surface area contributed by atoms with Gasteiger partial charge in [-0.3, -0.25) is 9.59 Å². The van der Waals surface area contributed by atoms with Gasteiger partial charge in [-0.2, -0.15) is 0 Å². The molecule has 0 bridgehead atoms. The Morgan fingerprint density at radius 1 is 0.918 bits per heavy atom. The molecule has 2 aliphatic rings. The number of fused-ring (bicyclic) bond motifs is 2. The molecular formula is C37H34N2O9S. The average molecular weight is 683 g/mol. The van der Waals surface area contributed by atoms with Crippen molar-refractivity contribution < 1.29 is 42.4 Å². The third kappa shape index (κ3) is 5.56. The molecule has 1 fully saturated rings. The summed E-state index contributed by atoms with van der Waals surface area (Å²) in [7, 11) is -4.19. The molecule has 0 aliphatic carbocycles. The number of hydrogen-bond acceptors (Lipinski definition) is 10. The fraction of sp³-hybridized carbons (Fsp3) is 0.243. The number of nitrogens with one attached hydrogen (secondary N) is 1. The van der Waals surface area contributed by atoms with Crippen molar-refractivity contribution >= 4 is 38.2 Å². The number of rotatable bonds is 10. The average Bonchev–Trinajstić information content (AvgIpc) is 3.65. The smallest absolute Gasteiger partial charge is 0.268 e. The van der Waals surface area contributed by atoms with Crippen LogP contribution in [-0.4, -0.2) is 72.0 Å². The molecule has 1 aromatic heterocycles. The van der Waals surface area contributed by atoms with Gasteiger partial charge in [-0.05, 0) is 42.8 Å². The summed E-state index contributed by atoms with van der Waals surface area (Å²) in [5.41, 5.74) is 0.812. The second-order valence-electron chi connectivity index (χ2n) is 12.2. The van der Waals surface area contributed by atoms with Gasteiger partial charge >= 0.3 is 0 Å². The van der Waals surface area contributed by atoms with Crippen molar-refractivity contribution in [1.82, 2.24) is 3.97 Å². The standard InChI is InChI=1S/C37H34N2O9S/c1-23-15-17-25(18-16-23)49(44,45)39-19-28(26-11-6-8-14-30(26)39)37(35(43)27-12-5-7-13-29(27)38-37)36-33(42)34(32(41)31(20-40)48-36)47-22-46-21-24-9-3-2-4-10-24/h2-19,31-32,34,36,38,40-41H,20-22H2,1H3/t31-,32-,34+,36-,37-/m1/s1. The van der Waals surface area contributed by atoms with E-state index in [4.69, 9.17) is 14.2 Å². The first-order valence-electron chi connectivity index (χ1n) is 15.7. The van der Waals surface area contributed by atoms with Gasteiger partial charge < -0.3 is 29.7 Å². The van der Waals surface area contributed by atoms with Crippen LogP contribution in [0.5, 0.6) is 0 Å².